The molecule has 0 saturated carbocycles. The number of hydrogen-bond acceptors (Lipinski definition) is 7. The molecule has 0 radical (unpaired) electrons. The number of ether oxygens (including phenoxy) is 3. The van der Waals surface area contributed by atoms with E-state index in [2.05, 4.69) is 0 Å². The van der Waals surface area contributed by atoms with E-state index in [0.717, 1.165) is 22.4 Å². The van der Waals surface area contributed by atoms with Crippen molar-refractivity contribution < 1.29 is 34.6 Å². The van der Waals surface area contributed by atoms with Crippen LogP contribution in [-0.2, 0) is 11.2 Å². The lowest BCUT2D eigenvalue weighted by Gasteiger charge is -2.40. The molecule has 0 spiro atoms. The van der Waals surface area contributed by atoms with Gasteiger partial charge in [0.15, 0.2) is 0 Å². The predicted octanol–water partition coefficient (Wildman–Crippen LogP) is 1.51. The molecule has 7 nitrogen and oxygen atoms in total. The van der Waals surface area contributed by atoms with Crippen LogP contribution in [0.4, 0.5) is 0 Å². The molecule has 2 unspecified atom stereocenters. The molecule has 1 aliphatic heterocycles. The molecule has 3 rings (SSSR count). The molecule has 1 fully saturated rings. The van der Waals surface area contributed by atoms with Gasteiger partial charge in [-0.25, -0.2) is 0 Å². The molecule has 0 amide bonds. The summed E-state index contributed by atoms with van der Waals surface area (Å²) in [6.07, 6.45) is -5.49. The second-order valence-corrected chi connectivity index (χ2v) is 7.52. The molecule has 4 N–H and O–H groups in total. The quantitative estimate of drug-likeness (QED) is 0.540. The minimum Gasteiger partial charge on any atom is -0.496 e. The predicted molar refractivity (Wildman–Crippen MR) is 111 cm³/mol. The van der Waals surface area contributed by atoms with Gasteiger partial charge >= 0.3 is 0 Å². The summed E-state index contributed by atoms with van der Waals surface area (Å²) in [5, 5.41) is 40.3. The molecule has 1 saturated heterocycles. The molecular formula is C23H30O7. The first kappa shape index (κ1) is 22.5. The van der Waals surface area contributed by atoms with Crippen molar-refractivity contribution >= 4 is 0 Å². The van der Waals surface area contributed by atoms with Gasteiger partial charge in [0.05, 0.1) is 20.3 Å². The van der Waals surface area contributed by atoms with E-state index in [1.54, 1.807) is 0 Å². The van der Waals surface area contributed by atoms with Crippen LogP contribution in [-0.4, -0.2) is 65.2 Å². The van der Waals surface area contributed by atoms with Crippen molar-refractivity contribution in [2.75, 3.05) is 20.3 Å². The topological polar surface area (TPSA) is 109 Å². The van der Waals surface area contributed by atoms with Gasteiger partial charge in [-0.15, -0.1) is 0 Å². The summed E-state index contributed by atoms with van der Waals surface area (Å²) >= 11 is 0. The Kier molecular flexibility index (Phi) is 7.33. The zero-order chi connectivity index (χ0) is 21.8. The van der Waals surface area contributed by atoms with Crippen LogP contribution in [0.25, 0.3) is 0 Å². The Hall–Kier alpha value is -2.16. The number of methoxy groups -OCH3 is 1. The van der Waals surface area contributed by atoms with Gasteiger partial charge in [0.25, 0.3) is 0 Å². The van der Waals surface area contributed by atoms with Crippen LogP contribution in [0, 0.1) is 6.92 Å². The van der Waals surface area contributed by atoms with Crippen LogP contribution >= 0.6 is 0 Å². The maximum Gasteiger partial charge on any atom is 0.125 e. The highest BCUT2D eigenvalue weighted by Gasteiger charge is 2.44. The summed E-state index contributed by atoms with van der Waals surface area (Å²) in [4.78, 5) is 0. The maximum absolute atomic E-state index is 10.5. The van der Waals surface area contributed by atoms with Crippen LogP contribution in [0.1, 0.15) is 35.3 Å². The molecule has 1 heterocycles. The standard InChI is InChI=1S/C23H30O7/c1-4-29-16-7-5-14(6-8-16)10-15-11-17(18(28-3)9-13(15)2)23-22(27)21(26)20(25)19(12-24)30-23/h5-9,11,19-27H,4,10,12H2,1-3H3/t19?,20-,21-,22?,23+/m1/s1. The SMILES string of the molecule is CCOc1ccc(Cc2cc([C@@H]3OC(CO)[C@@H](O)[C@@H](O)C3O)c(OC)cc2C)cc1. The zero-order valence-corrected chi connectivity index (χ0v) is 17.5. The second kappa shape index (κ2) is 9.76. The third kappa shape index (κ3) is 4.61. The second-order valence-electron chi connectivity index (χ2n) is 7.52. The van der Waals surface area contributed by atoms with Gasteiger partial charge in [-0.2, -0.15) is 0 Å². The largest absolute Gasteiger partial charge is 0.496 e. The fraction of sp³-hybridized carbons (Fsp3) is 0.478. The first-order valence-electron chi connectivity index (χ1n) is 10.1. The number of hydrogen-bond donors (Lipinski definition) is 4. The van der Waals surface area contributed by atoms with E-state index in [-0.39, 0.29) is 0 Å². The maximum atomic E-state index is 10.5. The molecule has 164 valence electrons. The van der Waals surface area contributed by atoms with Crippen molar-refractivity contribution in [3.05, 3.63) is 58.7 Å². The molecule has 2 aromatic rings. The van der Waals surface area contributed by atoms with Crippen molar-refractivity contribution in [3.8, 4) is 11.5 Å². The monoisotopic (exact) mass is 418 g/mol. The van der Waals surface area contributed by atoms with E-state index in [4.69, 9.17) is 14.2 Å². The minimum atomic E-state index is -1.44. The molecule has 5 atom stereocenters. The van der Waals surface area contributed by atoms with E-state index >= 15 is 0 Å². The smallest absolute Gasteiger partial charge is 0.125 e. The molecule has 2 aromatic carbocycles. The Bertz CT molecular complexity index is 834. The summed E-state index contributed by atoms with van der Waals surface area (Å²) in [7, 11) is 1.52. The number of aliphatic hydroxyl groups is 4. The van der Waals surface area contributed by atoms with Crippen molar-refractivity contribution in [3.63, 3.8) is 0 Å². The third-order valence-corrected chi connectivity index (χ3v) is 5.52. The van der Waals surface area contributed by atoms with E-state index in [0.29, 0.717) is 24.3 Å². The van der Waals surface area contributed by atoms with Crippen molar-refractivity contribution in [2.45, 2.75) is 50.8 Å². The van der Waals surface area contributed by atoms with E-state index in [9.17, 15) is 20.4 Å². The van der Waals surface area contributed by atoms with Crippen molar-refractivity contribution in [1.82, 2.24) is 0 Å². The van der Waals surface area contributed by atoms with Gasteiger partial charge in [0.1, 0.15) is 42.0 Å². The number of rotatable bonds is 7. The van der Waals surface area contributed by atoms with E-state index < -0.39 is 37.1 Å². The fourth-order valence-electron chi connectivity index (χ4n) is 3.78. The van der Waals surface area contributed by atoms with Gasteiger partial charge < -0.3 is 34.6 Å². The highest BCUT2D eigenvalue weighted by Crippen LogP contribution is 2.38. The van der Waals surface area contributed by atoms with Crippen LogP contribution in [0.5, 0.6) is 11.5 Å². The third-order valence-electron chi connectivity index (χ3n) is 5.52. The average Bonchev–Trinajstić information content (AvgIpc) is 2.75. The van der Waals surface area contributed by atoms with E-state index in [1.165, 1.54) is 7.11 Å². The van der Waals surface area contributed by atoms with Crippen LogP contribution in [0.3, 0.4) is 0 Å². The summed E-state index contributed by atoms with van der Waals surface area (Å²) in [6, 6.07) is 11.6. The fourth-order valence-corrected chi connectivity index (χ4v) is 3.78. The normalized spacial score (nSPS) is 26.4. The molecule has 7 heteroatoms. The van der Waals surface area contributed by atoms with Gasteiger partial charge in [0, 0.05) is 5.56 Å². The zero-order valence-electron chi connectivity index (χ0n) is 17.5. The van der Waals surface area contributed by atoms with Crippen LogP contribution in [0.15, 0.2) is 36.4 Å². The van der Waals surface area contributed by atoms with Gasteiger partial charge in [-0.1, -0.05) is 12.1 Å². The molecule has 0 aromatic heterocycles. The number of benzene rings is 2. The number of aliphatic hydroxyl groups excluding tert-OH is 4. The Labute approximate surface area is 176 Å². The number of aryl methyl sites for hydroxylation is 1. The van der Waals surface area contributed by atoms with Gasteiger partial charge in [-0.05, 0) is 61.2 Å². The summed E-state index contributed by atoms with van der Waals surface area (Å²) in [5.41, 5.74) is 3.66. The highest BCUT2D eigenvalue weighted by atomic mass is 16.5. The Morgan fingerprint density at radius 1 is 1.00 bits per heavy atom. The molecule has 30 heavy (non-hydrogen) atoms. The highest BCUT2D eigenvalue weighted by molar-refractivity contribution is 5.46. The molecule has 1 aliphatic rings. The Balaban J connectivity index is 1.93. The van der Waals surface area contributed by atoms with Crippen LogP contribution in [0.2, 0.25) is 0 Å². The first-order chi connectivity index (χ1) is 14.4. The lowest BCUT2D eigenvalue weighted by Crippen LogP contribution is -2.55. The van der Waals surface area contributed by atoms with Crippen LogP contribution < -0.4 is 9.47 Å². The first-order valence-corrected chi connectivity index (χ1v) is 10.1. The summed E-state index contributed by atoms with van der Waals surface area (Å²) in [6.45, 7) is 4.05. The average molecular weight is 418 g/mol. The lowest BCUT2D eigenvalue weighted by molar-refractivity contribution is -0.232. The lowest BCUT2D eigenvalue weighted by atomic mass is 9.88. The molecule has 0 aliphatic carbocycles. The molecular weight excluding hydrogens is 388 g/mol. The van der Waals surface area contributed by atoms with Gasteiger partial charge in [0.2, 0.25) is 0 Å². The van der Waals surface area contributed by atoms with Crippen molar-refractivity contribution in [2.24, 2.45) is 0 Å². The minimum absolute atomic E-state index is 0.478. The summed E-state index contributed by atoms with van der Waals surface area (Å²) in [5.74, 6) is 1.32. The molecule has 0 bridgehead atoms. The van der Waals surface area contributed by atoms with Gasteiger partial charge in [-0.3, -0.25) is 0 Å². The van der Waals surface area contributed by atoms with E-state index in [1.807, 2.05) is 50.2 Å². The Morgan fingerprint density at radius 3 is 2.30 bits per heavy atom. The Morgan fingerprint density at radius 2 is 1.70 bits per heavy atom. The summed E-state index contributed by atoms with van der Waals surface area (Å²) < 4.78 is 16.7. The van der Waals surface area contributed by atoms with Crippen molar-refractivity contribution in [1.29, 1.82) is 0 Å².